The van der Waals surface area contributed by atoms with E-state index in [1.54, 1.807) is 12.3 Å². The van der Waals surface area contributed by atoms with E-state index in [0.29, 0.717) is 5.82 Å². The summed E-state index contributed by atoms with van der Waals surface area (Å²) in [5.74, 6) is 0.473. The van der Waals surface area contributed by atoms with Crippen molar-refractivity contribution in [2.45, 2.75) is 33.3 Å². The number of nitrogens with one attached hydrogen (secondary N) is 2. The normalized spacial score (nSPS) is 10.8. The summed E-state index contributed by atoms with van der Waals surface area (Å²) in [7, 11) is 0. The molecule has 0 bridgehead atoms. The van der Waals surface area contributed by atoms with Crippen LogP contribution in [0.25, 0.3) is 0 Å². The molecule has 0 saturated heterocycles. The molecule has 0 aromatic carbocycles. The molecule has 17 heavy (non-hydrogen) atoms. The standard InChI is InChI=1S/C12H19N3O2/c1-5-13-9-6-7-10(14-8-9)15-11(16)17-12(2,3)4/h6-8,13H,5H2,1-4H3,(H,14,15,16). The van der Waals surface area contributed by atoms with Crippen molar-refractivity contribution in [3.63, 3.8) is 0 Å². The van der Waals surface area contributed by atoms with E-state index in [1.807, 2.05) is 33.8 Å². The lowest BCUT2D eigenvalue weighted by Gasteiger charge is -2.19. The Morgan fingerprint density at radius 3 is 2.59 bits per heavy atom. The van der Waals surface area contributed by atoms with Crippen molar-refractivity contribution >= 4 is 17.6 Å². The Kier molecular flexibility index (Phi) is 4.31. The Balaban J connectivity index is 2.54. The molecule has 1 amide bonds. The third-order valence-corrected chi connectivity index (χ3v) is 1.77. The summed E-state index contributed by atoms with van der Waals surface area (Å²) in [6.07, 6.45) is 1.16. The van der Waals surface area contributed by atoms with E-state index in [9.17, 15) is 4.79 Å². The molecule has 5 nitrogen and oxygen atoms in total. The lowest BCUT2D eigenvalue weighted by atomic mass is 10.2. The molecule has 0 radical (unpaired) electrons. The van der Waals surface area contributed by atoms with Gasteiger partial charge in [0.05, 0.1) is 11.9 Å². The van der Waals surface area contributed by atoms with E-state index in [2.05, 4.69) is 15.6 Å². The zero-order valence-corrected chi connectivity index (χ0v) is 10.7. The van der Waals surface area contributed by atoms with Gasteiger partial charge in [-0.15, -0.1) is 0 Å². The molecule has 1 aromatic heterocycles. The molecule has 1 heterocycles. The van der Waals surface area contributed by atoms with E-state index in [4.69, 9.17) is 4.74 Å². The number of rotatable bonds is 3. The summed E-state index contributed by atoms with van der Waals surface area (Å²) in [4.78, 5) is 15.5. The van der Waals surface area contributed by atoms with Crippen LogP contribution >= 0.6 is 0 Å². The highest BCUT2D eigenvalue weighted by Gasteiger charge is 2.16. The number of carbonyl (C=O) groups excluding carboxylic acids is 1. The highest BCUT2D eigenvalue weighted by molar-refractivity contribution is 5.83. The quantitative estimate of drug-likeness (QED) is 0.848. The van der Waals surface area contributed by atoms with Crippen LogP contribution in [0, 0.1) is 0 Å². The van der Waals surface area contributed by atoms with Crippen molar-refractivity contribution in [2.75, 3.05) is 17.2 Å². The summed E-state index contributed by atoms with van der Waals surface area (Å²) in [5.41, 5.74) is 0.413. The first-order valence-corrected chi connectivity index (χ1v) is 5.60. The average molecular weight is 237 g/mol. The van der Waals surface area contributed by atoms with E-state index < -0.39 is 11.7 Å². The monoisotopic (exact) mass is 237 g/mol. The van der Waals surface area contributed by atoms with Crippen LogP contribution < -0.4 is 10.6 Å². The first-order valence-electron chi connectivity index (χ1n) is 5.60. The molecule has 0 aliphatic carbocycles. The van der Waals surface area contributed by atoms with Gasteiger partial charge in [-0.05, 0) is 39.8 Å². The largest absolute Gasteiger partial charge is 0.444 e. The lowest BCUT2D eigenvalue weighted by Crippen LogP contribution is -2.27. The van der Waals surface area contributed by atoms with Crippen LogP contribution in [0.15, 0.2) is 18.3 Å². The van der Waals surface area contributed by atoms with Gasteiger partial charge in [0.25, 0.3) is 0 Å². The molecule has 1 rings (SSSR count). The topological polar surface area (TPSA) is 63.2 Å². The lowest BCUT2D eigenvalue weighted by molar-refractivity contribution is 0.0635. The second-order valence-electron chi connectivity index (χ2n) is 4.59. The SMILES string of the molecule is CCNc1ccc(NC(=O)OC(C)(C)C)nc1. The van der Waals surface area contributed by atoms with Gasteiger partial charge in [-0.25, -0.2) is 9.78 Å². The summed E-state index contributed by atoms with van der Waals surface area (Å²) in [6.45, 7) is 8.28. The number of pyridine rings is 1. The summed E-state index contributed by atoms with van der Waals surface area (Å²) >= 11 is 0. The third-order valence-electron chi connectivity index (χ3n) is 1.77. The van der Waals surface area contributed by atoms with Crippen LogP contribution in [0.1, 0.15) is 27.7 Å². The van der Waals surface area contributed by atoms with E-state index >= 15 is 0 Å². The fourth-order valence-electron chi connectivity index (χ4n) is 1.18. The minimum atomic E-state index is -0.506. The minimum absolute atomic E-state index is 0.473. The van der Waals surface area contributed by atoms with Crippen molar-refractivity contribution in [1.82, 2.24) is 4.98 Å². The van der Waals surface area contributed by atoms with Crippen molar-refractivity contribution in [3.8, 4) is 0 Å². The first kappa shape index (κ1) is 13.3. The number of carbonyl (C=O) groups is 1. The highest BCUT2D eigenvalue weighted by atomic mass is 16.6. The highest BCUT2D eigenvalue weighted by Crippen LogP contribution is 2.12. The molecule has 0 aliphatic heterocycles. The van der Waals surface area contributed by atoms with Gasteiger partial charge < -0.3 is 10.1 Å². The number of ether oxygens (including phenoxy) is 1. The Morgan fingerprint density at radius 2 is 2.12 bits per heavy atom. The summed E-state index contributed by atoms with van der Waals surface area (Å²) in [6, 6.07) is 3.57. The van der Waals surface area contributed by atoms with Crippen LogP contribution in [-0.4, -0.2) is 23.2 Å². The number of amides is 1. The Bertz CT molecular complexity index is 368. The molecular weight excluding hydrogens is 218 g/mol. The van der Waals surface area contributed by atoms with Gasteiger partial charge in [-0.3, -0.25) is 5.32 Å². The van der Waals surface area contributed by atoms with Gasteiger partial charge in [-0.1, -0.05) is 0 Å². The van der Waals surface area contributed by atoms with Gasteiger partial charge in [-0.2, -0.15) is 0 Å². The zero-order valence-electron chi connectivity index (χ0n) is 10.7. The van der Waals surface area contributed by atoms with Gasteiger partial charge >= 0.3 is 6.09 Å². The number of hydrogen-bond acceptors (Lipinski definition) is 4. The molecule has 0 atom stereocenters. The molecule has 94 valence electrons. The maximum atomic E-state index is 11.4. The van der Waals surface area contributed by atoms with Gasteiger partial charge in [0.1, 0.15) is 11.4 Å². The number of hydrogen-bond donors (Lipinski definition) is 2. The Hall–Kier alpha value is -1.78. The molecule has 0 aliphatic rings. The molecular formula is C12H19N3O2. The molecule has 0 unspecified atom stereocenters. The fourth-order valence-corrected chi connectivity index (χ4v) is 1.18. The first-order chi connectivity index (χ1) is 7.90. The van der Waals surface area contributed by atoms with E-state index in [0.717, 1.165) is 12.2 Å². The van der Waals surface area contributed by atoms with Crippen LogP contribution in [0.4, 0.5) is 16.3 Å². The number of aromatic nitrogens is 1. The van der Waals surface area contributed by atoms with Gasteiger partial charge in [0, 0.05) is 6.54 Å². The van der Waals surface area contributed by atoms with E-state index in [-0.39, 0.29) is 0 Å². The molecule has 2 N–H and O–H groups in total. The molecule has 5 heteroatoms. The zero-order chi connectivity index (χ0) is 12.9. The Morgan fingerprint density at radius 1 is 1.41 bits per heavy atom. The molecule has 0 fully saturated rings. The molecule has 0 spiro atoms. The second-order valence-corrected chi connectivity index (χ2v) is 4.59. The predicted octanol–water partition coefficient (Wildman–Crippen LogP) is 2.86. The maximum absolute atomic E-state index is 11.4. The van der Waals surface area contributed by atoms with Crippen LogP contribution in [0.2, 0.25) is 0 Å². The van der Waals surface area contributed by atoms with Gasteiger partial charge in [0.15, 0.2) is 0 Å². The number of nitrogens with zero attached hydrogens (tertiary/aromatic N) is 1. The fraction of sp³-hybridized carbons (Fsp3) is 0.500. The van der Waals surface area contributed by atoms with Crippen molar-refractivity contribution < 1.29 is 9.53 Å². The van der Waals surface area contributed by atoms with Gasteiger partial charge in [0.2, 0.25) is 0 Å². The number of anilines is 2. The minimum Gasteiger partial charge on any atom is -0.444 e. The van der Waals surface area contributed by atoms with Crippen LogP contribution in [0.5, 0.6) is 0 Å². The predicted molar refractivity (Wildman–Crippen MR) is 68.3 cm³/mol. The smallest absolute Gasteiger partial charge is 0.413 e. The van der Waals surface area contributed by atoms with Crippen molar-refractivity contribution in [1.29, 1.82) is 0 Å². The second kappa shape index (κ2) is 5.52. The van der Waals surface area contributed by atoms with Crippen molar-refractivity contribution in [3.05, 3.63) is 18.3 Å². The maximum Gasteiger partial charge on any atom is 0.413 e. The summed E-state index contributed by atoms with van der Waals surface area (Å²) in [5, 5.41) is 5.69. The van der Waals surface area contributed by atoms with Crippen LogP contribution in [0.3, 0.4) is 0 Å². The summed E-state index contributed by atoms with van der Waals surface area (Å²) < 4.78 is 5.11. The van der Waals surface area contributed by atoms with Crippen LogP contribution in [-0.2, 0) is 4.74 Å². The Labute approximate surface area is 102 Å². The van der Waals surface area contributed by atoms with E-state index in [1.165, 1.54) is 0 Å². The average Bonchev–Trinajstić information content (AvgIpc) is 2.18. The third kappa shape index (κ3) is 5.19. The van der Waals surface area contributed by atoms with Crippen molar-refractivity contribution in [2.24, 2.45) is 0 Å². The molecule has 1 aromatic rings. The molecule has 0 saturated carbocycles.